The van der Waals surface area contributed by atoms with E-state index in [1.54, 1.807) is 6.07 Å². The summed E-state index contributed by atoms with van der Waals surface area (Å²) >= 11 is 0. The van der Waals surface area contributed by atoms with Gasteiger partial charge in [0.25, 0.3) is 0 Å². The van der Waals surface area contributed by atoms with E-state index in [1.807, 2.05) is 31.2 Å². The Kier molecular flexibility index (Phi) is 6.44. The molecule has 8 heteroatoms. The van der Waals surface area contributed by atoms with Crippen LogP contribution < -0.4 is 10.6 Å². The highest BCUT2D eigenvalue weighted by molar-refractivity contribution is 5.95. The van der Waals surface area contributed by atoms with Crippen molar-refractivity contribution in [2.75, 3.05) is 18.4 Å². The van der Waals surface area contributed by atoms with Gasteiger partial charge in [-0.25, -0.2) is 0 Å². The standard InChI is InChI=1S/C18H20N4O4/c1-12-4-2-3-5-15(12)21-18(26)13-8-14(9-19)22(11-13)17(25)10-20-16(24)6-7-23/h2-5,7,13-14H,6,8,10-11H2,1H3,(H,20,24)(H,21,26). The Labute approximate surface area is 151 Å². The molecule has 2 unspecified atom stereocenters. The third-order valence-electron chi connectivity index (χ3n) is 4.25. The molecule has 1 aliphatic rings. The fourth-order valence-electron chi connectivity index (χ4n) is 2.80. The number of anilines is 1. The number of aryl methyl sites for hydroxylation is 1. The minimum Gasteiger partial charge on any atom is -0.347 e. The highest BCUT2D eigenvalue weighted by Gasteiger charge is 2.38. The van der Waals surface area contributed by atoms with E-state index in [2.05, 4.69) is 10.6 Å². The molecule has 0 aliphatic carbocycles. The molecule has 0 aromatic heterocycles. The third-order valence-corrected chi connectivity index (χ3v) is 4.25. The van der Waals surface area contributed by atoms with Crippen LogP contribution in [0, 0.1) is 24.2 Å². The number of nitrogens with zero attached hydrogens (tertiary/aromatic N) is 2. The maximum absolute atomic E-state index is 12.5. The van der Waals surface area contributed by atoms with Gasteiger partial charge < -0.3 is 20.3 Å². The van der Waals surface area contributed by atoms with Gasteiger partial charge in [0.2, 0.25) is 17.7 Å². The monoisotopic (exact) mass is 356 g/mol. The zero-order valence-electron chi connectivity index (χ0n) is 14.4. The maximum atomic E-state index is 12.5. The Morgan fingerprint density at radius 3 is 2.73 bits per heavy atom. The third kappa shape index (κ3) is 4.66. The molecule has 0 bridgehead atoms. The van der Waals surface area contributed by atoms with E-state index in [1.165, 1.54) is 4.90 Å². The normalized spacial score (nSPS) is 18.7. The second-order valence-corrected chi connectivity index (χ2v) is 6.08. The number of amides is 3. The molecule has 1 aromatic carbocycles. The Morgan fingerprint density at radius 1 is 1.35 bits per heavy atom. The van der Waals surface area contributed by atoms with Gasteiger partial charge in [0.1, 0.15) is 12.3 Å². The lowest BCUT2D eigenvalue weighted by Crippen LogP contribution is -2.42. The second-order valence-electron chi connectivity index (χ2n) is 6.08. The summed E-state index contributed by atoms with van der Waals surface area (Å²) < 4.78 is 0. The zero-order chi connectivity index (χ0) is 19.1. The van der Waals surface area contributed by atoms with E-state index in [0.717, 1.165) is 5.56 Å². The van der Waals surface area contributed by atoms with E-state index in [4.69, 9.17) is 0 Å². The lowest BCUT2D eigenvalue weighted by Gasteiger charge is -2.19. The SMILES string of the molecule is Cc1ccccc1NC(=O)C1CC(C#N)N(C(=O)CNC(=O)CC=O)C1. The maximum Gasteiger partial charge on any atom is 0.243 e. The number of hydrogen-bond acceptors (Lipinski definition) is 5. The average Bonchev–Trinajstić information content (AvgIpc) is 3.06. The van der Waals surface area contributed by atoms with Gasteiger partial charge in [0.05, 0.1) is 25.0 Å². The van der Waals surface area contributed by atoms with Crippen molar-refractivity contribution in [2.45, 2.75) is 25.8 Å². The summed E-state index contributed by atoms with van der Waals surface area (Å²) in [6.45, 7) is 1.68. The minimum absolute atomic E-state index is 0.109. The number of likely N-dealkylation sites (tertiary alicyclic amines) is 1. The molecule has 1 saturated heterocycles. The molecule has 2 rings (SSSR count). The van der Waals surface area contributed by atoms with Crippen molar-refractivity contribution in [3.8, 4) is 6.07 Å². The number of aldehydes is 1. The molecular formula is C18H20N4O4. The molecular weight excluding hydrogens is 336 g/mol. The van der Waals surface area contributed by atoms with Gasteiger partial charge in [0, 0.05) is 12.2 Å². The molecule has 0 radical (unpaired) electrons. The molecule has 2 atom stereocenters. The fraction of sp³-hybridized carbons (Fsp3) is 0.389. The number of nitriles is 1. The van der Waals surface area contributed by atoms with Crippen molar-refractivity contribution in [3.63, 3.8) is 0 Å². The number of hydrogen-bond donors (Lipinski definition) is 2. The van der Waals surface area contributed by atoms with Crippen LogP contribution in [0.3, 0.4) is 0 Å². The van der Waals surface area contributed by atoms with Crippen molar-refractivity contribution < 1.29 is 19.2 Å². The first-order valence-electron chi connectivity index (χ1n) is 8.22. The second kappa shape index (κ2) is 8.76. The summed E-state index contributed by atoms with van der Waals surface area (Å²) in [7, 11) is 0. The number of para-hydroxylation sites is 1. The van der Waals surface area contributed by atoms with E-state index in [0.29, 0.717) is 12.0 Å². The Hall–Kier alpha value is -3.21. The van der Waals surface area contributed by atoms with Crippen molar-refractivity contribution in [2.24, 2.45) is 5.92 Å². The van der Waals surface area contributed by atoms with E-state index in [9.17, 15) is 24.4 Å². The smallest absolute Gasteiger partial charge is 0.243 e. The molecule has 0 saturated carbocycles. The van der Waals surface area contributed by atoms with Crippen LogP contribution >= 0.6 is 0 Å². The summed E-state index contributed by atoms with van der Waals surface area (Å²) in [6, 6.07) is 8.64. The largest absolute Gasteiger partial charge is 0.347 e. The topological polar surface area (TPSA) is 119 Å². The molecule has 1 aliphatic heterocycles. The van der Waals surface area contributed by atoms with Crippen LogP contribution in [-0.2, 0) is 19.2 Å². The number of benzene rings is 1. The molecule has 26 heavy (non-hydrogen) atoms. The quantitative estimate of drug-likeness (QED) is 0.564. The molecule has 8 nitrogen and oxygen atoms in total. The number of nitrogens with one attached hydrogen (secondary N) is 2. The highest BCUT2D eigenvalue weighted by atomic mass is 16.2. The van der Waals surface area contributed by atoms with Gasteiger partial charge >= 0.3 is 0 Å². The Balaban J connectivity index is 1.97. The van der Waals surface area contributed by atoms with Gasteiger partial charge in [-0.2, -0.15) is 5.26 Å². The van der Waals surface area contributed by atoms with Crippen LogP contribution in [0.2, 0.25) is 0 Å². The molecule has 0 spiro atoms. The molecule has 2 N–H and O–H groups in total. The van der Waals surface area contributed by atoms with E-state index >= 15 is 0 Å². The summed E-state index contributed by atoms with van der Waals surface area (Å²) in [4.78, 5) is 47.6. The van der Waals surface area contributed by atoms with Crippen LogP contribution in [0.5, 0.6) is 0 Å². The fourth-order valence-corrected chi connectivity index (χ4v) is 2.80. The van der Waals surface area contributed by atoms with Crippen LogP contribution in [-0.4, -0.2) is 48.0 Å². The summed E-state index contributed by atoms with van der Waals surface area (Å²) in [5.41, 5.74) is 1.61. The summed E-state index contributed by atoms with van der Waals surface area (Å²) in [5, 5.41) is 14.4. The van der Waals surface area contributed by atoms with Crippen molar-refractivity contribution >= 4 is 29.7 Å². The zero-order valence-corrected chi connectivity index (χ0v) is 14.4. The highest BCUT2D eigenvalue weighted by Crippen LogP contribution is 2.25. The average molecular weight is 356 g/mol. The molecule has 1 fully saturated rings. The molecule has 3 amide bonds. The first-order valence-corrected chi connectivity index (χ1v) is 8.22. The van der Waals surface area contributed by atoms with Gasteiger partial charge in [0.15, 0.2) is 0 Å². The van der Waals surface area contributed by atoms with Gasteiger partial charge in [-0.15, -0.1) is 0 Å². The number of carbonyl (C=O) groups is 4. The van der Waals surface area contributed by atoms with Crippen LogP contribution in [0.25, 0.3) is 0 Å². The van der Waals surface area contributed by atoms with Gasteiger partial charge in [-0.1, -0.05) is 18.2 Å². The first kappa shape index (κ1) is 19.1. The molecule has 136 valence electrons. The first-order chi connectivity index (χ1) is 12.5. The van der Waals surface area contributed by atoms with Crippen LogP contribution in [0.4, 0.5) is 5.69 Å². The lowest BCUT2D eigenvalue weighted by atomic mass is 10.0. The van der Waals surface area contributed by atoms with Gasteiger partial charge in [-0.05, 0) is 25.0 Å². The summed E-state index contributed by atoms with van der Waals surface area (Å²) in [6.07, 6.45) is 0.359. The number of rotatable bonds is 6. The number of carbonyl (C=O) groups excluding carboxylic acids is 4. The predicted octanol–water partition coefficient (Wildman–Crippen LogP) is 0.379. The summed E-state index contributed by atoms with van der Waals surface area (Å²) in [5.74, 6) is -1.77. The van der Waals surface area contributed by atoms with Crippen molar-refractivity contribution in [3.05, 3.63) is 29.8 Å². The van der Waals surface area contributed by atoms with Gasteiger partial charge in [-0.3, -0.25) is 14.4 Å². The molecule has 1 aromatic rings. The van der Waals surface area contributed by atoms with Crippen molar-refractivity contribution in [1.82, 2.24) is 10.2 Å². The van der Waals surface area contributed by atoms with Crippen LogP contribution in [0.15, 0.2) is 24.3 Å². The Bertz CT molecular complexity index is 756. The van der Waals surface area contributed by atoms with E-state index < -0.39 is 23.8 Å². The predicted molar refractivity (Wildman–Crippen MR) is 92.7 cm³/mol. The molecule has 1 heterocycles. The lowest BCUT2D eigenvalue weighted by molar-refractivity contribution is -0.133. The minimum atomic E-state index is -0.724. The Morgan fingerprint density at radius 2 is 2.08 bits per heavy atom. The van der Waals surface area contributed by atoms with Crippen molar-refractivity contribution in [1.29, 1.82) is 5.26 Å². The van der Waals surface area contributed by atoms with Crippen LogP contribution in [0.1, 0.15) is 18.4 Å². The van der Waals surface area contributed by atoms with E-state index in [-0.39, 0.29) is 31.8 Å².